The van der Waals surface area contributed by atoms with Crippen molar-refractivity contribution in [1.82, 2.24) is 4.90 Å². The fraction of sp³-hybridized carbons (Fsp3) is 0.579. The number of ether oxygens (including phenoxy) is 2. The van der Waals surface area contributed by atoms with E-state index in [9.17, 15) is 9.59 Å². The lowest BCUT2D eigenvalue weighted by molar-refractivity contribution is -0.143. The van der Waals surface area contributed by atoms with Crippen LogP contribution in [-0.4, -0.2) is 55.1 Å². The Bertz CT molecular complexity index is 559. The summed E-state index contributed by atoms with van der Waals surface area (Å²) in [6.45, 7) is 9.03. The fourth-order valence-electron chi connectivity index (χ4n) is 2.92. The number of hydrogen-bond donors (Lipinski definition) is 0. The molecule has 24 heavy (non-hydrogen) atoms. The Hall–Kier alpha value is -1.72. The van der Waals surface area contributed by atoms with Gasteiger partial charge in [-0.05, 0) is 32.8 Å². The molecule has 0 aliphatic carbocycles. The summed E-state index contributed by atoms with van der Waals surface area (Å²) in [7, 11) is 0. The molecule has 0 saturated carbocycles. The molecule has 1 saturated heterocycles. The van der Waals surface area contributed by atoms with E-state index in [4.69, 9.17) is 9.47 Å². The molecule has 0 radical (unpaired) electrons. The number of nitrogens with zero attached hydrogens (tertiary/aromatic N) is 1. The molecule has 0 N–H and O–H groups in total. The van der Waals surface area contributed by atoms with Crippen LogP contribution in [0.2, 0.25) is 0 Å². The molecular formula is C19H27NO4. The van der Waals surface area contributed by atoms with Crippen LogP contribution in [-0.2, 0) is 20.7 Å². The van der Waals surface area contributed by atoms with Gasteiger partial charge >= 0.3 is 5.97 Å². The molecule has 132 valence electrons. The highest BCUT2D eigenvalue weighted by molar-refractivity contribution is 6.02. The Morgan fingerprint density at radius 1 is 1.17 bits per heavy atom. The Kier molecular flexibility index (Phi) is 6.52. The molecule has 0 unspecified atom stereocenters. The van der Waals surface area contributed by atoms with Crippen molar-refractivity contribution in [1.29, 1.82) is 0 Å². The molecule has 0 atom stereocenters. The van der Waals surface area contributed by atoms with Crippen molar-refractivity contribution >= 4 is 11.8 Å². The monoisotopic (exact) mass is 333 g/mol. The van der Waals surface area contributed by atoms with Gasteiger partial charge in [-0.3, -0.25) is 14.5 Å². The summed E-state index contributed by atoms with van der Waals surface area (Å²) in [5.74, 6) is -0.0764. The number of Topliss-reactive ketones (excluding diaryl/α,β-unsaturated/α-hetero) is 1. The van der Waals surface area contributed by atoms with Crippen molar-refractivity contribution in [2.75, 3.05) is 32.9 Å². The summed E-state index contributed by atoms with van der Waals surface area (Å²) < 4.78 is 10.3. The number of aryl methyl sites for hydroxylation is 1. The van der Waals surface area contributed by atoms with Crippen LogP contribution in [0, 0.1) is 0 Å². The standard InChI is InChI=1S/C19H27NO4/c1-4-24-17(21)10-7-15-5-8-16(9-6-15)18(22)19(2,3)20-11-13-23-14-12-20/h5-6,8-9H,4,7,10-14H2,1-3H3. The number of morpholine rings is 1. The summed E-state index contributed by atoms with van der Waals surface area (Å²) in [5.41, 5.74) is 1.19. The molecule has 1 aromatic carbocycles. The minimum absolute atomic E-state index is 0.112. The summed E-state index contributed by atoms with van der Waals surface area (Å²) in [6, 6.07) is 7.54. The van der Waals surface area contributed by atoms with E-state index >= 15 is 0 Å². The van der Waals surface area contributed by atoms with Crippen molar-refractivity contribution in [3.05, 3.63) is 35.4 Å². The van der Waals surface area contributed by atoms with Crippen LogP contribution in [0.25, 0.3) is 0 Å². The smallest absolute Gasteiger partial charge is 0.306 e. The van der Waals surface area contributed by atoms with Crippen molar-refractivity contribution in [2.24, 2.45) is 0 Å². The van der Waals surface area contributed by atoms with Gasteiger partial charge in [0.25, 0.3) is 0 Å². The van der Waals surface area contributed by atoms with Gasteiger partial charge in [-0.15, -0.1) is 0 Å². The van der Waals surface area contributed by atoms with Gasteiger partial charge < -0.3 is 9.47 Å². The molecule has 2 rings (SSSR count). The van der Waals surface area contributed by atoms with E-state index in [1.807, 2.05) is 38.1 Å². The normalized spacial score (nSPS) is 16.0. The molecule has 0 spiro atoms. The summed E-state index contributed by atoms with van der Waals surface area (Å²) in [5, 5.41) is 0. The maximum Gasteiger partial charge on any atom is 0.306 e. The minimum Gasteiger partial charge on any atom is -0.466 e. The predicted molar refractivity (Wildman–Crippen MR) is 92.2 cm³/mol. The second kappa shape index (κ2) is 8.40. The van der Waals surface area contributed by atoms with Gasteiger partial charge in [-0.2, -0.15) is 0 Å². The first kappa shape index (κ1) is 18.6. The maximum absolute atomic E-state index is 12.9. The van der Waals surface area contributed by atoms with E-state index in [1.165, 1.54) is 0 Å². The number of ketones is 1. The van der Waals surface area contributed by atoms with Crippen LogP contribution < -0.4 is 0 Å². The van der Waals surface area contributed by atoms with Crippen molar-refractivity contribution in [2.45, 2.75) is 39.2 Å². The zero-order valence-corrected chi connectivity index (χ0v) is 14.8. The average Bonchev–Trinajstić information content (AvgIpc) is 2.61. The summed E-state index contributed by atoms with van der Waals surface area (Å²) in [6.07, 6.45) is 0.987. The quantitative estimate of drug-likeness (QED) is 0.567. The highest BCUT2D eigenvalue weighted by Gasteiger charge is 2.35. The zero-order valence-electron chi connectivity index (χ0n) is 14.8. The number of benzene rings is 1. The highest BCUT2D eigenvalue weighted by atomic mass is 16.5. The van der Waals surface area contributed by atoms with Gasteiger partial charge in [0, 0.05) is 25.1 Å². The number of carbonyl (C=O) groups excluding carboxylic acids is 2. The molecule has 0 amide bonds. The third kappa shape index (κ3) is 4.65. The van der Waals surface area contributed by atoms with Gasteiger partial charge in [-0.25, -0.2) is 0 Å². The summed E-state index contributed by atoms with van der Waals surface area (Å²) in [4.78, 5) is 26.5. The molecule has 0 bridgehead atoms. The SMILES string of the molecule is CCOC(=O)CCc1ccc(C(=O)C(C)(C)N2CCOCC2)cc1. The zero-order chi connectivity index (χ0) is 17.6. The Balaban J connectivity index is 1.98. The Morgan fingerprint density at radius 3 is 2.38 bits per heavy atom. The lowest BCUT2D eigenvalue weighted by Crippen LogP contribution is -2.54. The number of rotatable bonds is 7. The molecule has 1 heterocycles. The second-order valence-electron chi connectivity index (χ2n) is 6.49. The molecular weight excluding hydrogens is 306 g/mol. The van der Waals surface area contributed by atoms with E-state index < -0.39 is 5.54 Å². The lowest BCUT2D eigenvalue weighted by atomic mass is 9.90. The van der Waals surface area contributed by atoms with E-state index in [1.54, 1.807) is 6.92 Å². The van der Waals surface area contributed by atoms with Crippen LogP contribution in [0.4, 0.5) is 0 Å². The average molecular weight is 333 g/mol. The second-order valence-corrected chi connectivity index (χ2v) is 6.49. The first-order chi connectivity index (χ1) is 11.4. The molecule has 1 aromatic rings. The number of esters is 1. The first-order valence-corrected chi connectivity index (χ1v) is 8.57. The molecule has 1 aliphatic rings. The van der Waals surface area contributed by atoms with Gasteiger partial charge in [0.05, 0.1) is 25.4 Å². The highest BCUT2D eigenvalue weighted by Crippen LogP contribution is 2.22. The maximum atomic E-state index is 12.9. The van der Waals surface area contributed by atoms with E-state index in [0.29, 0.717) is 38.2 Å². The van der Waals surface area contributed by atoms with Crippen LogP contribution in [0.1, 0.15) is 43.1 Å². The van der Waals surface area contributed by atoms with Gasteiger partial charge in [-0.1, -0.05) is 24.3 Å². The van der Waals surface area contributed by atoms with E-state index in [2.05, 4.69) is 4.90 Å². The minimum atomic E-state index is -0.545. The van der Waals surface area contributed by atoms with Crippen molar-refractivity contribution in [3.8, 4) is 0 Å². The Morgan fingerprint density at radius 2 is 1.79 bits per heavy atom. The van der Waals surface area contributed by atoms with Crippen LogP contribution >= 0.6 is 0 Å². The fourth-order valence-corrected chi connectivity index (χ4v) is 2.92. The van der Waals surface area contributed by atoms with Gasteiger partial charge in [0.1, 0.15) is 0 Å². The van der Waals surface area contributed by atoms with Gasteiger partial charge in [0.15, 0.2) is 5.78 Å². The van der Waals surface area contributed by atoms with Crippen LogP contribution in [0.15, 0.2) is 24.3 Å². The molecule has 5 heteroatoms. The van der Waals surface area contributed by atoms with Crippen molar-refractivity contribution < 1.29 is 19.1 Å². The topological polar surface area (TPSA) is 55.8 Å². The molecule has 5 nitrogen and oxygen atoms in total. The van der Waals surface area contributed by atoms with Gasteiger partial charge in [0.2, 0.25) is 0 Å². The molecule has 0 aromatic heterocycles. The van der Waals surface area contributed by atoms with Crippen LogP contribution in [0.3, 0.4) is 0 Å². The lowest BCUT2D eigenvalue weighted by Gasteiger charge is -2.39. The molecule has 1 aliphatic heterocycles. The largest absolute Gasteiger partial charge is 0.466 e. The van der Waals surface area contributed by atoms with Crippen LogP contribution in [0.5, 0.6) is 0 Å². The summed E-state index contributed by atoms with van der Waals surface area (Å²) >= 11 is 0. The third-order valence-electron chi connectivity index (χ3n) is 4.50. The predicted octanol–water partition coefficient (Wildman–Crippen LogP) is 2.48. The number of hydrogen-bond acceptors (Lipinski definition) is 5. The third-order valence-corrected chi connectivity index (χ3v) is 4.50. The number of carbonyl (C=O) groups is 2. The van der Waals surface area contributed by atoms with E-state index in [-0.39, 0.29) is 11.8 Å². The van der Waals surface area contributed by atoms with E-state index in [0.717, 1.165) is 18.7 Å². The molecule has 1 fully saturated rings. The van der Waals surface area contributed by atoms with Crippen molar-refractivity contribution in [3.63, 3.8) is 0 Å². The first-order valence-electron chi connectivity index (χ1n) is 8.57. The Labute approximate surface area is 143 Å².